The van der Waals surface area contributed by atoms with Gasteiger partial charge in [0.15, 0.2) is 0 Å². The highest BCUT2D eigenvalue weighted by atomic mass is 35.5. The summed E-state index contributed by atoms with van der Waals surface area (Å²) in [5, 5.41) is 5.60. The van der Waals surface area contributed by atoms with Crippen LogP contribution in [0.2, 0.25) is 0 Å². The number of rotatable bonds is 6. The van der Waals surface area contributed by atoms with Crippen LogP contribution in [-0.2, 0) is 13.0 Å². The van der Waals surface area contributed by atoms with Crippen LogP contribution in [-0.4, -0.2) is 35.4 Å². The number of amides is 1. The van der Waals surface area contributed by atoms with E-state index in [1.807, 2.05) is 12.1 Å². The predicted octanol–water partition coefficient (Wildman–Crippen LogP) is 3.97. The second kappa shape index (κ2) is 11.6. The third-order valence-corrected chi connectivity index (χ3v) is 5.55. The van der Waals surface area contributed by atoms with Gasteiger partial charge in [0.1, 0.15) is 5.69 Å². The Morgan fingerprint density at radius 2 is 1.93 bits per heavy atom. The number of benzene rings is 1. The van der Waals surface area contributed by atoms with E-state index >= 15 is 0 Å². The van der Waals surface area contributed by atoms with Crippen LogP contribution in [0.4, 0.5) is 5.69 Å². The van der Waals surface area contributed by atoms with Crippen molar-refractivity contribution in [1.82, 2.24) is 9.88 Å². The summed E-state index contributed by atoms with van der Waals surface area (Å²) in [4.78, 5) is 19.1. The maximum Gasteiger partial charge on any atom is 0.275 e. The minimum atomic E-state index is -0.169. The zero-order valence-corrected chi connectivity index (χ0v) is 18.0. The van der Waals surface area contributed by atoms with Crippen molar-refractivity contribution in [2.24, 2.45) is 11.7 Å². The molecule has 0 atom stereocenters. The number of hydrogen-bond acceptors (Lipinski definition) is 5. The maximum absolute atomic E-state index is 12.3. The third kappa shape index (κ3) is 7.05. The molecule has 1 fully saturated rings. The van der Waals surface area contributed by atoms with Crippen molar-refractivity contribution in [3.05, 3.63) is 45.9 Å². The van der Waals surface area contributed by atoms with Crippen molar-refractivity contribution >= 4 is 47.7 Å². The molecule has 27 heavy (non-hydrogen) atoms. The Morgan fingerprint density at radius 1 is 1.26 bits per heavy atom. The van der Waals surface area contributed by atoms with Crippen LogP contribution in [0.5, 0.6) is 0 Å². The van der Waals surface area contributed by atoms with Crippen molar-refractivity contribution in [2.75, 3.05) is 25.0 Å². The number of halogens is 2. The van der Waals surface area contributed by atoms with E-state index in [-0.39, 0.29) is 30.7 Å². The van der Waals surface area contributed by atoms with Gasteiger partial charge < -0.3 is 11.1 Å². The Bertz CT molecular complexity index is 700. The number of nitrogens with two attached hydrogens (primary N) is 1. The molecule has 0 unspecified atom stereocenters. The number of thiazole rings is 1. The van der Waals surface area contributed by atoms with E-state index in [0.29, 0.717) is 18.7 Å². The molecule has 2 heterocycles. The minimum Gasteiger partial charge on any atom is -0.330 e. The second-order valence-corrected chi connectivity index (χ2v) is 7.72. The van der Waals surface area contributed by atoms with E-state index in [2.05, 4.69) is 34.3 Å². The van der Waals surface area contributed by atoms with Crippen molar-refractivity contribution in [1.29, 1.82) is 0 Å². The fourth-order valence-electron chi connectivity index (χ4n) is 3.02. The summed E-state index contributed by atoms with van der Waals surface area (Å²) in [5.41, 5.74) is 8.06. The van der Waals surface area contributed by atoms with Gasteiger partial charge in [-0.3, -0.25) is 9.69 Å². The van der Waals surface area contributed by atoms with Crippen LogP contribution in [0.15, 0.2) is 29.6 Å². The fourth-order valence-corrected chi connectivity index (χ4v) is 3.81. The Morgan fingerprint density at radius 3 is 2.56 bits per heavy atom. The first kappa shape index (κ1) is 23.9. The van der Waals surface area contributed by atoms with Crippen molar-refractivity contribution in [3.8, 4) is 0 Å². The maximum atomic E-state index is 12.3. The number of carbonyl (C=O) groups excluding carboxylic acids is 1. The lowest BCUT2D eigenvalue weighted by molar-refractivity contribution is 0.102. The number of nitrogens with zero attached hydrogens (tertiary/aromatic N) is 2. The van der Waals surface area contributed by atoms with E-state index in [1.165, 1.54) is 42.8 Å². The molecule has 0 saturated carbocycles. The fraction of sp³-hybridized carbons (Fsp3) is 0.474. The van der Waals surface area contributed by atoms with Gasteiger partial charge in [-0.2, -0.15) is 0 Å². The van der Waals surface area contributed by atoms with Crippen molar-refractivity contribution in [2.45, 2.75) is 32.7 Å². The summed E-state index contributed by atoms with van der Waals surface area (Å²) in [6, 6.07) is 8.11. The number of anilines is 1. The number of hydrogen-bond donors (Lipinski definition) is 2. The molecule has 150 valence electrons. The van der Waals surface area contributed by atoms with Gasteiger partial charge in [-0.25, -0.2) is 4.98 Å². The average Bonchev–Trinajstić information content (AvgIpc) is 3.08. The molecule has 5 nitrogen and oxygen atoms in total. The molecular weight excluding hydrogens is 403 g/mol. The number of aromatic nitrogens is 1. The van der Waals surface area contributed by atoms with Gasteiger partial charge in [0, 0.05) is 24.0 Å². The lowest BCUT2D eigenvalue weighted by atomic mass is 9.99. The summed E-state index contributed by atoms with van der Waals surface area (Å²) in [6.45, 7) is 6.21. The molecule has 0 bridgehead atoms. The lowest BCUT2D eigenvalue weighted by Crippen LogP contribution is -2.32. The number of carbonyl (C=O) groups is 1. The SMILES string of the molecule is CC1CCN(Cc2ccc(NC(=O)c3csc(CCN)n3)cc2)CC1.Cl.Cl. The monoisotopic (exact) mass is 430 g/mol. The largest absolute Gasteiger partial charge is 0.330 e. The molecule has 0 aliphatic carbocycles. The van der Waals surface area contributed by atoms with Crippen LogP contribution in [0.3, 0.4) is 0 Å². The first-order valence-corrected chi connectivity index (χ1v) is 9.79. The molecule has 0 radical (unpaired) electrons. The summed E-state index contributed by atoms with van der Waals surface area (Å²) < 4.78 is 0. The van der Waals surface area contributed by atoms with Gasteiger partial charge in [0.05, 0.1) is 5.01 Å². The quantitative estimate of drug-likeness (QED) is 0.726. The lowest BCUT2D eigenvalue weighted by Gasteiger charge is -2.30. The molecule has 2 aromatic rings. The standard InChI is InChI=1S/C19H26N4OS.2ClH/c1-14-7-10-23(11-8-14)12-15-2-4-16(5-3-15)21-19(24)17-13-25-18(22-17)6-9-20;;/h2-5,13-14H,6-12,20H2,1H3,(H,21,24);2*1H. The average molecular weight is 431 g/mol. The number of likely N-dealkylation sites (tertiary alicyclic amines) is 1. The molecular formula is C19H28Cl2N4OS. The molecule has 1 saturated heterocycles. The van der Waals surface area contributed by atoms with Gasteiger partial charge in [0.2, 0.25) is 0 Å². The highest BCUT2D eigenvalue weighted by Gasteiger charge is 2.16. The van der Waals surface area contributed by atoms with Crippen LogP contribution in [0.25, 0.3) is 0 Å². The zero-order chi connectivity index (χ0) is 17.6. The molecule has 3 N–H and O–H groups in total. The molecule has 1 aromatic heterocycles. The first-order chi connectivity index (χ1) is 12.1. The van der Waals surface area contributed by atoms with Crippen LogP contribution in [0.1, 0.15) is 40.8 Å². The van der Waals surface area contributed by atoms with Crippen molar-refractivity contribution in [3.63, 3.8) is 0 Å². The minimum absolute atomic E-state index is 0. The summed E-state index contributed by atoms with van der Waals surface area (Å²) in [6.07, 6.45) is 3.28. The second-order valence-electron chi connectivity index (χ2n) is 6.77. The summed E-state index contributed by atoms with van der Waals surface area (Å²) in [7, 11) is 0. The van der Waals surface area contributed by atoms with Gasteiger partial charge in [-0.15, -0.1) is 36.2 Å². The smallest absolute Gasteiger partial charge is 0.275 e. The Hall–Kier alpha value is -1.18. The highest BCUT2D eigenvalue weighted by Crippen LogP contribution is 2.19. The predicted molar refractivity (Wildman–Crippen MR) is 117 cm³/mol. The molecule has 8 heteroatoms. The van der Waals surface area contributed by atoms with E-state index in [0.717, 1.165) is 23.2 Å². The normalized spacial score (nSPS) is 14.9. The molecule has 1 amide bonds. The van der Waals surface area contributed by atoms with Gasteiger partial charge in [0.25, 0.3) is 5.91 Å². The summed E-state index contributed by atoms with van der Waals surface area (Å²) >= 11 is 1.48. The van der Waals surface area contributed by atoms with Crippen LogP contribution in [0, 0.1) is 5.92 Å². The van der Waals surface area contributed by atoms with Crippen LogP contribution < -0.4 is 11.1 Å². The number of piperidine rings is 1. The van der Waals surface area contributed by atoms with Gasteiger partial charge in [-0.05, 0) is 56.1 Å². The van der Waals surface area contributed by atoms with Crippen molar-refractivity contribution < 1.29 is 4.79 Å². The topological polar surface area (TPSA) is 71.2 Å². The number of nitrogens with one attached hydrogen (secondary N) is 1. The van der Waals surface area contributed by atoms with Gasteiger partial charge in [-0.1, -0.05) is 19.1 Å². The Kier molecular flexibility index (Phi) is 10.3. The molecule has 1 aliphatic rings. The van der Waals surface area contributed by atoms with E-state index in [4.69, 9.17) is 5.73 Å². The molecule has 0 spiro atoms. The highest BCUT2D eigenvalue weighted by molar-refractivity contribution is 7.09. The van der Waals surface area contributed by atoms with Crippen LogP contribution >= 0.6 is 36.2 Å². The zero-order valence-electron chi connectivity index (χ0n) is 15.5. The van der Waals surface area contributed by atoms with Gasteiger partial charge >= 0.3 is 0 Å². The third-order valence-electron chi connectivity index (χ3n) is 4.64. The molecule has 1 aliphatic heterocycles. The first-order valence-electron chi connectivity index (χ1n) is 8.91. The Balaban J connectivity index is 0.00000182. The molecule has 3 rings (SSSR count). The van der Waals surface area contributed by atoms with E-state index < -0.39 is 0 Å². The van der Waals surface area contributed by atoms with E-state index in [9.17, 15) is 4.79 Å². The van der Waals surface area contributed by atoms with E-state index in [1.54, 1.807) is 5.38 Å². The molecule has 1 aromatic carbocycles. The Labute approximate surface area is 177 Å². The summed E-state index contributed by atoms with van der Waals surface area (Å²) in [5.74, 6) is 0.683.